The molecule has 1 aliphatic rings. The molecule has 22 heavy (non-hydrogen) atoms. The van der Waals surface area contributed by atoms with E-state index in [-0.39, 0.29) is 23.5 Å². The van der Waals surface area contributed by atoms with E-state index in [1.54, 1.807) is 6.07 Å². The van der Waals surface area contributed by atoms with Gasteiger partial charge in [0, 0.05) is 19.0 Å². The number of hydrogen-bond donors (Lipinski definition) is 2. The number of hydrogen-bond acceptors (Lipinski definition) is 2. The topological polar surface area (TPSA) is 58.2 Å². The number of carbonyl (C=O) groups excluding carboxylic acids is 2. The predicted molar refractivity (Wildman–Crippen MR) is 82.8 cm³/mol. The molecule has 0 heterocycles. The van der Waals surface area contributed by atoms with Crippen LogP contribution in [-0.4, -0.2) is 24.9 Å². The minimum atomic E-state index is -0.607. The van der Waals surface area contributed by atoms with Crippen LogP contribution in [0.15, 0.2) is 24.3 Å². The molecule has 0 radical (unpaired) electrons. The van der Waals surface area contributed by atoms with Crippen molar-refractivity contribution in [3.63, 3.8) is 0 Å². The molecule has 1 saturated carbocycles. The monoisotopic (exact) mass is 306 g/mol. The summed E-state index contributed by atoms with van der Waals surface area (Å²) in [5.74, 6) is -0.498. The Kier molecular flexibility index (Phi) is 5.16. The largest absolute Gasteiger partial charge is 0.354 e. The highest BCUT2D eigenvalue weighted by Crippen LogP contribution is 2.44. The molecule has 2 rings (SSSR count). The molecule has 0 aromatic heterocycles. The van der Waals surface area contributed by atoms with E-state index in [1.807, 2.05) is 19.9 Å². The van der Waals surface area contributed by atoms with Crippen molar-refractivity contribution in [2.75, 3.05) is 13.1 Å². The van der Waals surface area contributed by atoms with Crippen molar-refractivity contribution >= 4 is 11.8 Å². The van der Waals surface area contributed by atoms with Crippen LogP contribution in [-0.2, 0) is 15.0 Å². The highest BCUT2D eigenvalue weighted by Gasteiger charge is 2.45. The number of amides is 2. The van der Waals surface area contributed by atoms with Crippen molar-refractivity contribution in [3.05, 3.63) is 35.6 Å². The minimum Gasteiger partial charge on any atom is -0.354 e. The molecular formula is C17H23FN2O2. The number of halogens is 1. The summed E-state index contributed by atoms with van der Waals surface area (Å²) in [5.41, 5.74) is 0.131. The predicted octanol–water partition coefficient (Wildman–Crippen LogP) is 2.14. The Morgan fingerprint density at radius 1 is 1.23 bits per heavy atom. The Bertz CT molecular complexity index is 553. The third-order valence-corrected chi connectivity index (χ3v) is 4.25. The maximum atomic E-state index is 13.4. The molecule has 0 saturated heterocycles. The average molecular weight is 306 g/mol. The van der Waals surface area contributed by atoms with E-state index in [9.17, 15) is 14.0 Å². The third-order valence-electron chi connectivity index (χ3n) is 4.25. The van der Waals surface area contributed by atoms with Gasteiger partial charge >= 0.3 is 0 Å². The second-order valence-electron chi connectivity index (χ2n) is 6.15. The number of rotatable bonds is 6. The lowest BCUT2D eigenvalue weighted by atomic mass is 9.64. The Balaban J connectivity index is 1.91. The van der Waals surface area contributed by atoms with Crippen LogP contribution in [0.5, 0.6) is 0 Å². The Morgan fingerprint density at radius 2 is 1.91 bits per heavy atom. The quantitative estimate of drug-likeness (QED) is 0.791. The first-order valence-corrected chi connectivity index (χ1v) is 7.78. The lowest BCUT2D eigenvalue weighted by molar-refractivity contribution is -0.130. The van der Waals surface area contributed by atoms with Crippen LogP contribution in [0.1, 0.15) is 38.7 Å². The normalized spacial score (nSPS) is 16.0. The minimum absolute atomic E-state index is 0.0299. The van der Waals surface area contributed by atoms with Gasteiger partial charge in [0.1, 0.15) is 5.82 Å². The fraction of sp³-hybridized carbons (Fsp3) is 0.529. The van der Waals surface area contributed by atoms with Crippen molar-refractivity contribution < 1.29 is 14.0 Å². The highest BCUT2D eigenvalue weighted by atomic mass is 19.1. The van der Waals surface area contributed by atoms with Gasteiger partial charge in [-0.05, 0) is 30.5 Å². The molecule has 0 bridgehead atoms. The summed E-state index contributed by atoms with van der Waals surface area (Å²) in [6, 6.07) is 6.28. The van der Waals surface area contributed by atoms with Crippen molar-refractivity contribution in [3.8, 4) is 0 Å². The summed E-state index contributed by atoms with van der Waals surface area (Å²) in [7, 11) is 0. The van der Waals surface area contributed by atoms with E-state index in [4.69, 9.17) is 0 Å². The summed E-state index contributed by atoms with van der Waals surface area (Å²) in [6.45, 7) is 4.43. The average Bonchev–Trinajstić information content (AvgIpc) is 2.42. The van der Waals surface area contributed by atoms with E-state index in [2.05, 4.69) is 10.6 Å². The van der Waals surface area contributed by atoms with Gasteiger partial charge in [-0.2, -0.15) is 0 Å². The van der Waals surface area contributed by atoms with Crippen molar-refractivity contribution in [1.82, 2.24) is 10.6 Å². The zero-order valence-electron chi connectivity index (χ0n) is 13.1. The fourth-order valence-electron chi connectivity index (χ4n) is 2.70. The lowest BCUT2D eigenvalue weighted by Crippen LogP contribution is -2.50. The number of nitrogens with one attached hydrogen (secondary N) is 2. The first kappa shape index (κ1) is 16.5. The summed E-state index contributed by atoms with van der Waals surface area (Å²) in [5, 5.41) is 5.62. The molecule has 120 valence electrons. The summed E-state index contributed by atoms with van der Waals surface area (Å²) in [6.07, 6.45) is 2.44. The van der Waals surface area contributed by atoms with Crippen LogP contribution in [0.4, 0.5) is 4.39 Å². The second kappa shape index (κ2) is 6.90. The molecule has 0 spiro atoms. The molecule has 1 aliphatic carbocycles. The molecule has 1 aromatic carbocycles. The fourth-order valence-corrected chi connectivity index (χ4v) is 2.70. The maximum Gasteiger partial charge on any atom is 0.230 e. The zero-order chi connectivity index (χ0) is 16.2. The molecular weight excluding hydrogens is 283 g/mol. The first-order valence-electron chi connectivity index (χ1n) is 7.78. The van der Waals surface area contributed by atoms with Gasteiger partial charge in [-0.3, -0.25) is 9.59 Å². The first-order chi connectivity index (χ1) is 10.5. The van der Waals surface area contributed by atoms with Crippen LogP contribution in [0, 0.1) is 11.7 Å². The van der Waals surface area contributed by atoms with Crippen LogP contribution >= 0.6 is 0 Å². The highest BCUT2D eigenvalue weighted by molar-refractivity contribution is 5.89. The Labute approximate surface area is 130 Å². The second-order valence-corrected chi connectivity index (χ2v) is 6.15. The van der Waals surface area contributed by atoms with Crippen molar-refractivity contribution in [1.29, 1.82) is 0 Å². The molecule has 1 fully saturated rings. The van der Waals surface area contributed by atoms with Crippen LogP contribution < -0.4 is 10.6 Å². The third kappa shape index (κ3) is 3.46. The van der Waals surface area contributed by atoms with Gasteiger partial charge in [0.25, 0.3) is 0 Å². The molecule has 4 nitrogen and oxygen atoms in total. The van der Waals surface area contributed by atoms with Gasteiger partial charge in [0.15, 0.2) is 0 Å². The molecule has 0 aliphatic heterocycles. The standard InChI is InChI=1S/C17H23FN2O2/c1-12(2)15(21)19-9-10-20-16(22)17(7-4-8-17)13-5-3-6-14(18)11-13/h3,5-6,11-12H,4,7-10H2,1-2H3,(H,19,21)(H,20,22). The van der Waals surface area contributed by atoms with Gasteiger partial charge in [0.05, 0.1) is 5.41 Å². The molecule has 2 amide bonds. The van der Waals surface area contributed by atoms with E-state index >= 15 is 0 Å². The number of benzene rings is 1. The summed E-state index contributed by atoms with van der Waals surface area (Å²) >= 11 is 0. The Hall–Kier alpha value is -1.91. The van der Waals surface area contributed by atoms with E-state index in [0.717, 1.165) is 24.8 Å². The van der Waals surface area contributed by atoms with Crippen molar-refractivity contribution in [2.45, 2.75) is 38.5 Å². The van der Waals surface area contributed by atoms with Gasteiger partial charge in [0.2, 0.25) is 11.8 Å². The van der Waals surface area contributed by atoms with E-state index < -0.39 is 5.41 Å². The summed E-state index contributed by atoms with van der Waals surface area (Å²) < 4.78 is 13.4. The molecule has 5 heteroatoms. The lowest BCUT2D eigenvalue weighted by Gasteiger charge is -2.40. The smallest absolute Gasteiger partial charge is 0.230 e. The van der Waals surface area contributed by atoms with E-state index in [0.29, 0.717) is 13.1 Å². The van der Waals surface area contributed by atoms with Crippen LogP contribution in [0.2, 0.25) is 0 Å². The Morgan fingerprint density at radius 3 is 2.45 bits per heavy atom. The van der Waals surface area contributed by atoms with Gasteiger partial charge in [-0.25, -0.2) is 4.39 Å². The van der Waals surface area contributed by atoms with Gasteiger partial charge in [-0.15, -0.1) is 0 Å². The van der Waals surface area contributed by atoms with Crippen LogP contribution in [0.25, 0.3) is 0 Å². The van der Waals surface area contributed by atoms with Gasteiger partial charge < -0.3 is 10.6 Å². The molecule has 0 atom stereocenters. The molecule has 1 aromatic rings. The zero-order valence-corrected chi connectivity index (χ0v) is 13.1. The van der Waals surface area contributed by atoms with Crippen molar-refractivity contribution in [2.24, 2.45) is 5.92 Å². The molecule has 2 N–H and O–H groups in total. The van der Waals surface area contributed by atoms with Crippen LogP contribution in [0.3, 0.4) is 0 Å². The van der Waals surface area contributed by atoms with E-state index in [1.165, 1.54) is 12.1 Å². The SMILES string of the molecule is CC(C)C(=O)NCCNC(=O)C1(c2cccc(F)c2)CCC1. The summed E-state index contributed by atoms with van der Waals surface area (Å²) in [4.78, 5) is 23.9. The van der Waals surface area contributed by atoms with Gasteiger partial charge in [-0.1, -0.05) is 32.4 Å². The maximum absolute atomic E-state index is 13.4. The number of carbonyl (C=O) groups is 2. The molecule has 0 unspecified atom stereocenters.